The number of sulfonamides is 1. The highest BCUT2D eigenvalue weighted by Gasteiger charge is 2.35. The standard InChI is InChI=1S/C16H24N2O3S2/c1-13(16(19)17-8-2-3-9-17)14-6-10-18(11-7-14)23(20,21)15-5-4-12-22-15/h4-5,12-14H,2-3,6-11H2,1H3. The van der Waals surface area contributed by atoms with Crippen molar-refractivity contribution >= 4 is 27.3 Å². The van der Waals surface area contributed by atoms with E-state index in [9.17, 15) is 13.2 Å². The molecule has 0 spiro atoms. The molecule has 3 heterocycles. The summed E-state index contributed by atoms with van der Waals surface area (Å²) >= 11 is 1.26. The average Bonchev–Trinajstić information content (AvgIpc) is 3.26. The highest BCUT2D eigenvalue weighted by molar-refractivity contribution is 7.91. The number of thiophene rings is 1. The molecule has 0 aliphatic carbocycles. The number of hydrogen-bond acceptors (Lipinski definition) is 4. The van der Waals surface area contributed by atoms with E-state index in [1.54, 1.807) is 21.8 Å². The van der Waals surface area contributed by atoms with Crippen LogP contribution in [0.3, 0.4) is 0 Å². The molecule has 0 N–H and O–H groups in total. The summed E-state index contributed by atoms with van der Waals surface area (Å²) in [4.78, 5) is 14.5. The lowest BCUT2D eigenvalue weighted by Crippen LogP contribution is -2.43. The summed E-state index contributed by atoms with van der Waals surface area (Å²) in [6.45, 7) is 4.81. The second kappa shape index (κ2) is 6.91. The monoisotopic (exact) mass is 356 g/mol. The van der Waals surface area contributed by atoms with Crippen LogP contribution < -0.4 is 0 Å². The quantitative estimate of drug-likeness (QED) is 0.832. The van der Waals surface area contributed by atoms with E-state index in [1.165, 1.54) is 11.3 Å². The van der Waals surface area contributed by atoms with Crippen LogP contribution in [0.4, 0.5) is 0 Å². The van der Waals surface area contributed by atoms with Crippen molar-refractivity contribution in [3.05, 3.63) is 17.5 Å². The molecular formula is C16H24N2O3S2. The maximum absolute atomic E-state index is 12.5. The number of carbonyl (C=O) groups is 1. The molecule has 128 valence electrons. The summed E-state index contributed by atoms with van der Waals surface area (Å²) in [5.41, 5.74) is 0. The van der Waals surface area contributed by atoms with Crippen molar-refractivity contribution < 1.29 is 13.2 Å². The summed E-state index contributed by atoms with van der Waals surface area (Å²) in [7, 11) is -3.35. The molecule has 5 nitrogen and oxygen atoms in total. The zero-order valence-electron chi connectivity index (χ0n) is 13.5. The van der Waals surface area contributed by atoms with Crippen molar-refractivity contribution in [2.75, 3.05) is 26.2 Å². The summed E-state index contributed by atoms with van der Waals surface area (Å²) in [6, 6.07) is 3.42. The predicted octanol–water partition coefficient (Wildman–Crippen LogP) is 2.41. The van der Waals surface area contributed by atoms with E-state index < -0.39 is 10.0 Å². The third-order valence-electron chi connectivity index (χ3n) is 5.10. The molecule has 0 radical (unpaired) electrons. The molecule has 2 saturated heterocycles. The zero-order chi connectivity index (χ0) is 16.4. The number of rotatable bonds is 4. The number of hydrogen-bond donors (Lipinski definition) is 0. The van der Waals surface area contributed by atoms with Gasteiger partial charge in [0.15, 0.2) is 0 Å². The van der Waals surface area contributed by atoms with Gasteiger partial charge in [-0.05, 0) is 43.0 Å². The maximum Gasteiger partial charge on any atom is 0.252 e. The Hall–Kier alpha value is -0.920. The van der Waals surface area contributed by atoms with Crippen molar-refractivity contribution in [2.24, 2.45) is 11.8 Å². The summed E-state index contributed by atoms with van der Waals surface area (Å²) in [5.74, 6) is 0.541. The normalized spacial score (nSPS) is 22.4. The molecule has 7 heteroatoms. The number of amides is 1. The molecule has 3 rings (SSSR count). The molecule has 1 aromatic rings. The summed E-state index contributed by atoms with van der Waals surface area (Å²) in [5, 5.41) is 1.79. The van der Waals surface area contributed by atoms with Crippen LogP contribution in [0.25, 0.3) is 0 Å². The predicted molar refractivity (Wildman–Crippen MR) is 90.8 cm³/mol. The number of likely N-dealkylation sites (tertiary alicyclic amines) is 1. The first-order valence-electron chi connectivity index (χ1n) is 8.32. The van der Waals surface area contributed by atoms with E-state index in [-0.39, 0.29) is 17.7 Å². The lowest BCUT2D eigenvalue weighted by molar-refractivity contribution is -0.136. The summed E-state index contributed by atoms with van der Waals surface area (Å²) in [6.07, 6.45) is 3.75. The van der Waals surface area contributed by atoms with Gasteiger partial charge in [0.25, 0.3) is 10.0 Å². The van der Waals surface area contributed by atoms with Crippen LogP contribution in [-0.4, -0.2) is 49.7 Å². The first kappa shape index (κ1) is 16.9. The lowest BCUT2D eigenvalue weighted by atomic mass is 9.85. The van der Waals surface area contributed by atoms with Gasteiger partial charge in [-0.25, -0.2) is 8.42 Å². The van der Waals surface area contributed by atoms with Crippen LogP contribution in [0.15, 0.2) is 21.7 Å². The fraction of sp³-hybridized carbons (Fsp3) is 0.688. The highest BCUT2D eigenvalue weighted by atomic mass is 32.2. The average molecular weight is 357 g/mol. The Morgan fingerprint density at radius 2 is 1.87 bits per heavy atom. The second-order valence-electron chi connectivity index (χ2n) is 6.49. The van der Waals surface area contributed by atoms with Crippen LogP contribution >= 0.6 is 11.3 Å². The minimum atomic E-state index is -3.35. The Morgan fingerprint density at radius 1 is 1.22 bits per heavy atom. The van der Waals surface area contributed by atoms with Crippen LogP contribution in [0.1, 0.15) is 32.6 Å². The molecule has 23 heavy (non-hydrogen) atoms. The van der Waals surface area contributed by atoms with Crippen LogP contribution in [-0.2, 0) is 14.8 Å². The largest absolute Gasteiger partial charge is 0.342 e. The minimum absolute atomic E-state index is 0.000285. The van der Waals surface area contributed by atoms with Gasteiger partial charge in [0.1, 0.15) is 4.21 Å². The van der Waals surface area contributed by atoms with Gasteiger partial charge in [-0.3, -0.25) is 4.79 Å². The third kappa shape index (κ3) is 3.46. The van der Waals surface area contributed by atoms with Gasteiger partial charge in [-0.2, -0.15) is 4.31 Å². The molecule has 0 aromatic carbocycles. The first-order valence-corrected chi connectivity index (χ1v) is 10.6. The molecule has 2 fully saturated rings. The molecule has 2 aliphatic heterocycles. The van der Waals surface area contributed by atoms with E-state index in [4.69, 9.17) is 0 Å². The number of carbonyl (C=O) groups excluding carboxylic acids is 1. The zero-order valence-corrected chi connectivity index (χ0v) is 15.1. The molecule has 1 amide bonds. The fourth-order valence-corrected chi connectivity index (χ4v) is 6.20. The topological polar surface area (TPSA) is 57.7 Å². The van der Waals surface area contributed by atoms with Crippen molar-refractivity contribution in [3.8, 4) is 0 Å². The Kier molecular flexibility index (Phi) is 5.08. The van der Waals surface area contributed by atoms with E-state index >= 15 is 0 Å². The Bertz CT molecular complexity index is 628. The Morgan fingerprint density at radius 3 is 2.43 bits per heavy atom. The molecule has 0 saturated carbocycles. The fourth-order valence-electron chi connectivity index (χ4n) is 3.58. The van der Waals surface area contributed by atoms with Crippen LogP contribution in [0.2, 0.25) is 0 Å². The van der Waals surface area contributed by atoms with Crippen molar-refractivity contribution in [3.63, 3.8) is 0 Å². The maximum atomic E-state index is 12.5. The second-order valence-corrected chi connectivity index (χ2v) is 9.61. The molecule has 1 aromatic heterocycles. The van der Waals surface area contributed by atoms with Gasteiger partial charge in [0, 0.05) is 32.1 Å². The van der Waals surface area contributed by atoms with Crippen molar-refractivity contribution in [2.45, 2.75) is 36.8 Å². The molecular weight excluding hydrogens is 332 g/mol. The van der Waals surface area contributed by atoms with Crippen LogP contribution in [0, 0.1) is 11.8 Å². The molecule has 0 bridgehead atoms. The minimum Gasteiger partial charge on any atom is -0.342 e. The van der Waals surface area contributed by atoms with Crippen molar-refractivity contribution in [1.29, 1.82) is 0 Å². The van der Waals surface area contributed by atoms with Gasteiger partial charge in [-0.1, -0.05) is 13.0 Å². The third-order valence-corrected chi connectivity index (χ3v) is 8.37. The molecule has 2 aliphatic rings. The van der Waals surface area contributed by atoms with Crippen molar-refractivity contribution in [1.82, 2.24) is 9.21 Å². The Labute approximate surface area is 142 Å². The Balaban J connectivity index is 1.59. The van der Waals surface area contributed by atoms with Gasteiger partial charge < -0.3 is 4.90 Å². The summed E-state index contributed by atoms with van der Waals surface area (Å²) < 4.78 is 27.0. The van der Waals surface area contributed by atoms with Crippen LogP contribution in [0.5, 0.6) is 0 Å². The van der Waals surface area contributed by atoms with Gasteiger partial charge in [-0.15, -0.1) is 11.3 Å². The number of nitrogens with zero attached hydrogens (tertiary/aromatic N) is 2. The SMILES string of the molecule is CC(C(=O)N1CCCC1)C1CCN(S(=O)(=O)c2cccs2)CC1. The van der Waals surface area contributed by atoms with E-state index in [0.29, 0.717) is 17.3 Å². The van der Waals surface area contributed by atoms with E-state index in [2.05, 4.69) is 0 Å². The smallest absolute Gasteiger partial charge is 0.252 e. The first-order chi connectivity index (χ1) is 11.0. The lowest BCUT2D eigenvalue weighted by Gasteiger charge is -2.34. The van der Waals surface area contributed by atoms with E-state index in [0.717, 1.165) is 38.8 Å². The molecule has 1 unspecified atom stereocenters. The van der Waals surface area contributed by atoms with Gasteiger partial charge >= 0.3 is 0 Å². The van der Waals surface area contributed by atoms with Gasteiger partial charge in [0.2, 0.25) is 5.91 Å². The number of piperidine rings is 1. The van der Waals surface area contributed by atoms with Gasteiger partial charge in [0.05, 0.1) is 0 Å². The molecule has 1 atom stereocenters. The van der Waals surface area contributed by atoms with E-state index in [1.807, 2.05) is 11.8 Å². The highest BCUT2D eigenvalue weighted by Crippen LogP contribution is 2.31.